The van der Waals surface area contributed by atoms with Crippen LogP contribution in [-0.4, -0.2) is 40.3 Å². The second-order valence-electron chi connectivity index (χ2n) is 6.90. The zero-order valence-corrected chi connectivity index (χ0v) is 18.2. The second-order valence-corrected chi connectivity index (χ2v) is 6.90. The van der Waals surface area contributed by atoms with Crippen LogP contribution in [0.2, 0.25) is 0 Å². The number of amides is 1. The van der Waals surface area contributed by atoms with Gasteiger partial charge in [-0.25, -0.2) is 4.98 Å². The minimum Gasteiger partial charge on any atom is -0.490 e. The van der Waals surface area contributed by atoms with Gasteiger partial charge in [-0.1, -0.05) is 24.3 Å². The summed E-state index contributed by atoms with van der Waals surface area (Å²) in [5.41, 5.74) is 1.46. The van der Waals surface area contributed by atoms with Crippen LogP contribution in [0, 0.1) is 0 Å². The maximum Gasteiger partial charge on any atom is 0.249 e. The predicted molar refractivity (Wildman–Crippen MR) is 126 cm³/mol. The van der Waals surface area contributed by atoms with E-state index in [-0.39, 0.29) is 5.91 Å². The molecule has 0 spiro atoms. The number of nitrogens with one attached hydrogen (secondary N) is 1. The number of hydrogen-bond acceptors (Lipinski definition) is 6. The molecule has 0 aliphatic heterocycles. The molecule has 33 heavy (non-hydrogen) atoms. The van der Waals surface area contributed by atoms with Gasteiger partial charge < -0.3 is 19.5 Å². The average molecular weight is 444 g/mol. The molecule has 0 fully saturated rings. The van der Waals surface area contributed by atoms with Crippen molar-refractivity contribution in [3.63, 3.8) is 0 Å². The topological polar surface area (TPSA) is 87.0 Å². The normalized spacial score (nSPS) is 10.9. The van der Waals surface area contributed by atoms with Crippen molar-refractivity contribution < 1.29 is 19.0 Å². The first-order valence-electron chi connectivity index (χ1n) is 10.6. The Morgan fingerprint density at radius 3 is 2.67 bits per heavy atom. The molecule has 8 nitrogen and oxygen atoms in total. The highest BCUT2D eigenvalue weighted by Crippen LogP contribution is 2.29. The van der Waals surface area contributed by atoms with Gasteiger partial charge in [-0.05, 0) is 48.9 Å². The summed E-state index contributed by atoms with van der Waals surface area (Å²) in [6.45, 7) is 3.19. The summed E-state index contributed by atoms with van der Waals surface area (Å²) < 4.78 is 18.8. The molecule has 0 bridgehead atoms. The maximum atomic E-state index is 12.4. The number of carbonyl (C=O) groups is 1. The van der Waals surface area contributed by atoms with E-state index in [0.717, 1.165) is 11.3 Å². The molecule has 0 aliphatic rings. The standard InChI is InChI=1S/C25H24N4O4/c1-2-31-22-18-19(8-10-21(22)33-17-16-32-20-6-4-3-5-7-20)9-11-25(30)28-24-12-14-26-23-13-15-27-29(23)24/h3-15,18H,2,16-17H2,1H3,(H,28,30)/b11-9+. The van der Waals surface area contributed by atoms with Crippen LogP contribution >= 0.6 is 0 Å². The number of ether oxygens (including phenoxy) is 3. The van der Waals surface area contributed by atoms with Crippen LogP contribution in [0.5, 0.6) is 17.2 Å². The van der Waals surface area contributed by atoms with Gasteiger partial charge in [-0.15, -0.1) is 0 Å². The molecule has 2 aromatic heterocycles. The molecule has 2 aromatic carbocycles. The van der Waals surface area contributed by atoms with Gasteiger partial charge in [0.05, 0.1) is 12.8 Å². The van der Waals surface area contributed by atoms with Crippen LogP contribution in [0.1, 0.15) is 12.5 Å². The molecule has 2 heterocycles. The van der Waals surface area contributed by atoms with E-state index >= 15 is 0 Å². The summed E-state index contributed by atoms with van der Waals surface area (Å²) in [5, 5.41) is 6.96. The van der Waals surface area contributed by atoms with E-state index in [1.165, 1.54) is 6.08 Å². The average Bonchev–Trinajstić information content (AvgIpc) is 3.32. The van der Waals surface area contributed by atoms with Crippen LogP contribution in [0.25, 0.3) is 11.7 Å². The molecule has 0 aliphatic carbocycles. The number of hydrogen-bond donors (Lipinski definition) is 1. The van der Waals surface area contributed by atoms with Crippen molar-refractivity contribution in [2.75, 3.05) is 25.1 Å². The summed E-state index contributed by atoms with van der Waals surface area (Å²) in [6, 6.07) is 18.5. The van der Waals surface area contributed by atoms with Gasteiger partial charge in [-0.3, -0.25) is 4.79 Å². The van der Waals surface area contributed by atoms with Crippen LogP contribution in [0.3, 0.4) is 0 Å². The summed E-state index contributed by atoms with van der Waals surface area (Å²) in [7, 11) is 0. The molecule has 4 aromatic rings. The quantitative estimate of drug-likeness (QED) is 0.291. The van der Waals surface area contributed by atoms with E-state index in [9.17, 15) is 4.79 Å². The zero-order chi connectivity index (χ0) is 22.9. The Balaban J connectivity index is 1.36. The van der Waals surface area contributed by atoms with E-state index in [4.69, 9.17) is 14.2 Å². The number of fused-ring (bicyclic) bond motifs is 1. The van der Waals surface area contributed by atoms with Crippen molar-refractivity contribution in [3.05, 3.63) is 84.7 Å². The molecular weight excluding hydrogens is 420 g/mol. The van der Waals surface area contributed by atoms with Gasteiger partial charge in [0.15, 0.2) is 17.1 Å². The summed E-state index contributed by atoms with van der Waals surface area (Å²) >= 11 is 0. The van der Waals surface area contributed by atoms with Crippen LogP contribution < -0.4 is 19.5 Å². The number of anilines is 1. The lowest BCUT2D eigenvalue weighted by atomic mass is 10.2. The highest BCUT2D eigenvalue weighted by molar-refractivity contribution is 6.01. The fourth-order valence-electron chi connectivity index (χ4n) is 3.11. The SMILES string of the molecule is CCOc1cc(/C=C/C(=O)Nc2ccnc3ccnn23)ccc1OCCOc1ccccc1. The number of carbonyl (C=O) groups excluding carboxylic acids is 1. The monoisotopic (exact) mass is 444 g/mol. The Bertz CT molecular complexity index is 1240. The summed E-state index contributed by atoms with van der Waals surface area (Å²) in [5.74, 6) is 2.27. The third-order valence-corrected chi connectivity index (χ3v) is 4.59. The molecule has 1 amide bonds. The van der Waals surface area contributed by atoms with E-state index in [2.05, 4.69) is 15.4 Å². The first kappa shape index (κ1) is 21.9. The highest BCUT2D eigenvalue weighted by atomic mass is 16.5. The first-order valence-corrected chi connectivity index (χ1v) is 10.6. The molecule has 8 heteroatoms. The molecule has 168 valence electrons. The zero-order valence-electron chi connectivity index (χ0n) is 18.2. The van der Waals surface area contributed by atoms with Gasteiger partial charge in [0, 0.05) is 18.3 Å². The number of nitrogens with zero attached hydrogens (tertiary/aromatic N) is 3. The van der Waals surface area contributed by atoms with Gasteiger partial charge in [0.1, 0.15) is 24.8 Å². The van der Waals surface area contributed by atoms with Crippen LogP contribution in [0.4, 0.5) is 5.82 Å². The minimum atomic E-state index is -0.283. The van der Waals surface area contributed by atoms with Crippen LogP contribution in [0.15, 0.2) is 79.1 Å². The fourth-order valence-corrected chi connectivity index (χ4v) is 3.11. The first-order chi connectivity index (χ1) is 16.2. The highest BCUT2D eigenvalue weighted by Gasteiger charge is 2.07. The van der Waals surface area contributed by atoms with E-state index < -0.39 is 0 Å². The van der Waals surface area contributed by atoms with Crippen molar-refractivity contribution >= 4 is 23.4 Å². The Hall–Kier alpha value is -4.33. The third kappa shape index (κ3) is 5.88. The minimum absolute atomic E-state index is 0.283. The predicted octanol–water partition coefficient (Wildman–Crippen LogP) is 4.24. The lowest BCUT2D eigenvalue weighted by Gasteiger charge is -2.13. The molecule has 0 saturated carbocycles. The molecule has 1 N–H and O–H groups in total. The smallest absolute Gasteiger partial charge is 0.249 e. The van der Waals surface area contributed by atoms with Crippen molar-refractivity contribution in [3.8, 4) is 17.2 Å². The van der Waals surface area contributed by atoms with Gasteiger partial charge in [-0.2, -0.15) is 9.61 Å². The van der Waals surface area contributed by atoms with E-state index in [0.29, 0.717) is 42.8 Å². The van der Waals surface area contributed by atoms with Crippen molar-refractivity contribution in [1.82, 2.24) is 14.6 Å². The molecule has 4 rings (SSSR count). The largest absolute Gasteiger partial charge is 0.490 e. The molecule has 0 radical (unpaired) electrons. The molecule has 0 unspecified atom stereocenters. The Morgan fingerprint density at radius 2 is 1.82 bits per heavy atom. The number of rotatable bonds is 10. The molecular formula is C25H24N4O4. The fraction of sp³-hybridized carbons (Fsp3) is 0.160. The van der Waals surface area contributed by atoms with E-state index in [1.807, 2.05) is 55.5 Å². The molecule has 0 atom stereocenters. The Morgan fingerprint density at radius 1 is 0.970 bits per heavy atom. The number of aromatic nitrogens is 3. The van der Waals surface area contributed by atoms with Gasteiger partial charge in [0.2, 0.25) is 5.91 Å². The number of para-hydroxylation sites is 1. The molecule has 0 saturated heterocycles. The van der Waals surface area contributed by atoms with Crippen molar-refractivity contribution in [1.29, 1.82) is 0 Å². The Labute approximate surface area is 191 Å². The third-order valence-electron chi connectivity index (χ3n) is 4.59. The number of benzene rings is 2. The van der Waals surface area contributed by atoms with E-state index in [1.54, 1.807) is 35.1 Å². The lowest BCUT2D eigenvalue weighted by Crippen LogP contribution is -2.12. The van der Waals surface area contributed by atoms with Crippen molar-refractivity contribution in [2.45, 2.75) is 6.92 Å². The maximum absolute atomic E-state index is 12.4. The second kappa shape index (κ2) is 10.8. The van der Waals surface area contributed by atoms with Crippen molar-refractivity contribution in [2.24, 2.45) is 0 Å². The summed E-state index contributed by atoms with van der Waals surface area (Å²) in [4.78, 5) is 16.6. The summed E-state index contributed by atoms with van der Waals surface area (Å²) in [6.07, 6.45) is 6.41. The lowest BCUT2D eigenvalue weighted by molar-refractivity contribution is -0.111. The Kier molecular flexibility index (Phi) is 7.17. The van der Waals surface area contributed by atoms with Crippen LogP contribution in [-0.2, 0) is 4.79 Å². The van der Waals surface area contributed by atoms with Gasteiger partial charge in [0.25, 0.3) is 0 Å². The van der Waals surface area contributed by atoms with Gasteiger partial charge >= 0.3 is 0 Å².